The maximum atomic E-state index is 13.4. The van der Waals surface area contributed by atoms with Crippen LogP contribution >= 0.6 is 0 Å². The van der Waals surface area contributed by atoms with E-state index in [4.69, 9.17) is 28.4 Å². The quantitative estimate of drug-likeness (QED) is 0.0480. The second-order valence-electron chi connectivity index (χ2n) is 17.1. The SMILES string of the molecule is O=S(=O)(c1ccc(OC/C=C/COc2ccc(S(=O)(=O)c3ccc(OC/C=C/C(Oc4ccccc4)S(=O)(=O)c4ccc(O)cc4)cc3)cc2)cc1)c1ccc(OC/C=C/C(Oc2ccccc2)S(=O)(=O)c2ccc(O)cc2)cc1. The van der Waals surface area contributed by atoms with E-state index < -0.39 is 50.2 Å². The van der Waals surface area contributed by atoms with Crippen LogP contribution in [0.2, 0.25) is 0 Å². The third kappa shape index (κ3) is 15.0. The Bertz CT molecular complexity index is 3600. The van der Waals surface area contributed by atoms with Gasteiger partial charge in [0.2, 0.25) is 50.2 Å². The number of aromatic hydroxyl groups is 2. The van der Waals surface area contributed by atoms with Gasteiger partial charge < -0.3 is 38.6 Å². The zero-order valence-corrected chi connectivity index (χ0v) is 45.6. The molecule has 0 aliphatic heterocycles. The van der Waals surface area contributed by atoms with Crippen LogP contribution in [0, 0.1) is 0 Å². The van der Waals surface area contributed by atoms with Gasteiger partial charge in [-0.15, -0.1) is 0 Å². The van der Waals surface area contributed by atoms with Crippen molar-refractivity contribution in [2.75, 3.05) is 26.4 Å². The molecule has 0 aliphatic carbocycles. The van der Waals surface area contributed by atoms with Crippen molar-refractivity contribution in [2.24, 2.45) is 0 Å². The molecule has 0 radical (unpaired) electrons. The van der Waals surface area contributed by atoms with Gasteiger partial charge in [0.15, 0.2) is 0 Å². The number of ether oxygens (including phenoxy) is 6. The molecule has 8 aromatic carbocycles. The predicted octanol–water partition coefficient (Wildman–Crippen LogP) is 10.4. The van der Waals surface area contributed by atoms with Crippen molar-refractivity contribution in [1.82, 2.24) is 0 Å². The van der Waals surface area contributed by atoms with Crippen LogP contribution in [0.1, 0.15) is 0 Å². The van der Waals surface area contributed by atoms with E-state index in [1.165, 1.54) is 170 Å². The van der Waals surface area contributed by atoms with Crippen LogP contribution < -0.4 is 28.4 Å². The summed E-state index contributed by atoms with van der Waals surface area (Å²) in [6, 6.07) is 50.6. The van der Waals surface area contributed by atoms with Crippen LogP contribution in [0.5, 0.6) is 46.0 Å². The van der Waals surface area contributed by atoms with Crippen LogP contribution in [0.4, 0.5) is 0 Å². The van der Waals surface area contributed by atoms with E-state index in [1.54, 1.807) is 72.8 Å². The Hall–Kier alpha value is -8.82. The van der Waals surface area contributed by atoms with E-state index >= 15 is 0 Å². The van der Waals surface area contributed by atoms with E-state index in [9.17, 15) is 43.9 Å². The number of phenolic OH excluding ortho intramolecular Hbond substituents is 2. The van der Waals surface area contributed by atoms with Crippen LogP contribution in [-0.2, 0) is 39.3 Å². The molecule has 0 bridgehead atoms. The van der Waals surface area contributed by atoms with Gasteiger partial charge in [0.1, 0.15) is 72.4 Å². The Morgan fingerprint density at radius 2 is 0.550 bits per heavy atom. The highest BCUT2D eigenvalue weighted by Gasteiger charge is 2.29. The molecule has 0 spiro atoms. The van der Waals surface area contributed by atoms with Gasteiger partial charge >= 0.3 is 0 Å². The van der Waals surface area contributed by atoms with Gasteiger partial charge in [-0.05, 0) is 206 Å². The van der Waals surface area contributed by atoms with Crippen molar-refractivity contribution >= 4 is 39.3 Å². The fourth-order valence-corrected chi connectivity index (χ4v) is 12.6. The molecule has 8 aromatic rings. The maximum Gasteiger partial charge on any atom is 0.221 e. The molecule has 16 nitrogen and oxygen atoms in total. The summed E-state index contributed by atoms with van der Waals surface area (Å²) in [6.45, 7) is 0.183. The number of sulfone groups is 4. The first kappa shape index (κ1) is 57.4. The van der Waals surface area contributed by atoms with Gasteiger partial charge in [-0.2, -0.15) is 0 Å². The average Bonchev–Trinajstić information content (AvgIpc) is 3.53. The third-order valence-electron chi connectivity index (χ3n) is 11.6. The largest absolute Gasteiger partial charge is 0.508 e. The predicted molar refractivity (Wildman–Crippen MR) is 298 cm³/mol. The van der Waals surface area contributed by atoms with Gasteiger partial charge in [-0.3, -0.25) is 0 Å². The van der Waals surface area contributed by atoms with Gasteiger partial charge in [-0.1, -0.05) is 36.4 Å². The summed E-state index contributed by atoms with van der Waals surface area (Å²) >= 11 is 0. The molecule has 0 fully saturated rings. The topological polar surface area (TPSA) is 232 Å². The summed E-state index contributed by atoms with van der Waals surface area (Å²) in [7, 11) is -15.9. The highest BCUT2D eigenvalue weighted by Crippen LogP contribution is 2.29. The summed E-state index contributed by atoms with van der Waals surface area (Å²) in [5, 5.41) is 19.3. The number of benzene rings is 8. The van der Waals surface area contributed by atoms with Gasteiger partial charge in [0, 0.05) is 0 Å². The molecule has 2 unspecified atom stereocenters. The lowest BCUT2D eigenvalue weighted by Gasteiger charge is -2.17. The standard InChI is InChI=1S/C60H52O16S4/c61-45-17-29-57(30-18-45)79(67,68)59(75-51-11-3-1-4-12-51)15-9-43-73-49-25-37-55(38-26-49)77(63,64)53-33-21-47(22-34-53)71-41-7-8-42-72-48-23-35-54(36-24-48)78(65,66)56-39-27-50(28-40-56)74-44-10-16-60(76-52-13-5-2-6-14-52)80(69,70)58-31-19-46(62)20-32-58/h1-40,59-62H,41-44H2/b8-7+,15-9+,16-10+. The zero-order chi connectivity index (χ0) is 56.6. The maximum absolute atomic E-state index is 13.4. The van der Waals surface area contributed by atoms with Crippen molar-refractivity contribution in [3.63, 3.8) is 0 Å². The fourth-order valence-electron chi connectivity index (χ4n) is 7.40. The summed E-state index contributed by atoms with van der Waals surface area (Å²) in [6.07, 6.45) is 9.09. The Morgan fingerprint density at radius 1 is 0.300 bits per heavy atom. The highest BCUT2D eigenvalue weighted by molar-refractivity contribution is 7.92. The molecule has 0 heterocycles. The summed E-state index contributed by atoms with van der Waals surface area (Å²) < 4.78 is 142. The molecule has 2 N–H and O–H groups in total. The molecular weight excluding hydrogens is 1100 g/mol. The van der Waals surface area contributed by atoms with Crippen molar-refractivity contribution in [3.8, 4) is 46.0 Å². The monoisotopic (exact) mass is 1160 g/mol. The average molecular weight is 1160 g/mol. The first-order valence-electron chi connectivity index (χ1n) is 24.4. The molecule has 0 amide bonds. The normalized spacial score (nSPS) is 12.9. The molecule has 0 aromatic heterocycles. The smallest absolute Gasteiger partial charge is 0.221 e. The van der Waals surface area contributed by atoms with Crippen LogP contribution in [0.15, 0.2) is 272 Å². The molecule has 20 heteroatoms. The highest BCUT2D eigenvalue weighted by atomic mass is 32.2. The Balaban J connectivity index is 0.764. The van der Waals surface area contributed by atoms with E-state index in [2.05, 4.69) is 0 Å². The number of hydrogen-bond donors (Lipinski definition) is 2. The first-order chi connectivity index (χ1) is 38.5. The van der Waals surface area contributed by atoms with E-state index in [0.29, 0.717) is 34.5 Å². The van der Waals surface area contributed by atoms with Crippen molar-refractivity contribution < 1.29 is 72.3 Å². The van der Waals surface area contributed by atoms with Gasteiger partial charge in [-0.25, -0.2) is 33.7 Å². The minimum Gasteiger partial charge on any atom is -0.508 e. The molecule has 412 valence electrons. The lowest BCUT2D eigenvalue weighted by molar-refractivity contribution is 0.313. The fraction of sp³-hybridized carbons (Fsp3) is 0.100. The lowest BCUT2D eigenvalue weighted by atomic mass is 10.3. The molecule has 0 aliphatic rings. The van der Waals surface area contributed by atoms with Crippen LogP contribution in [0.25, 0.3) is 0 Å². The molecule has 0 saturated carbocycles. The van der Waals surface area contributed by atoms with Crippen LogP contribution in [0.3, 0.4) is 0 Å². The van der Waals surface area contributed by atoms with Crippen molar-refractivity contribution in [3.05, 3.63) is 243 Å². The van der Waals surface area contributed by atoms with Crippen molar-refractivity contribution in [1.29, 1.82) is 0 Å². The third-order valence-corrected chi connectivity index (χ3v) is 18.8. The molecule has 8 rings (SSSR count). The van der Waals surface area contributed by atoms with E-state index in [1.807, 2.05) is 0 Å². The Labute approximate surface area is 464 Å². The zero-order valence-electron chi connectivity index (χ0n) is 42.3. The van der Waals surface area contributed by atoms with E-state index in [-0.39, 0.29) is 67.3 Å². The number of rotatable bonds is 26. The van der Waals surface area contributed by atoms with Gasteiger partial charge in [0.05, 0.1) is 29.4 Å². The molecule has 0 saturated heterocycles. The van der Waals surface area contributed by atoms with Crippen LogP contribution in [-0.4, -0.2) is 81.2 Å². The summed E-state index contributed by atoms with van der Waals surface area (Å²) in [5.41, 5.74) is -2.83. The van der Waals surface area contributed by atoms with E-state index in [0.717, 1.165) is 0 Å². The second kappa shape index (κ2) is 26.2. The summed E-state index contributed by atoms with van der Waals surface area (Å²) in [4.78, 5) is 0.0379. The number of hydrogen-bond acceptors (Lipinski definition) is 16. The number of phenols is 2. The first-order valence-corrected chi connectivity index (χ1v) is 30.4. The Morgan fingerprint density at radius 3 is 0.825 bits per heavy atom. The van der Waals surface area contributed by atoms with Gasteiger partial charge in [0.25, 0.3) is 0 Å². The molecule has 2 atom stereocenters. The lowest BCUT2D eigenvalue weighted by Crippen LogP contribution is -2.26. The molecular formula is C60H52O16S4. The summed E-state index contributed by atoms with van der Waals surface area (Å²) in [5.74, 6) is 2.02. The Kier molecular flexibility index (Phi) is 18.8. The minimum atomic E-state index is -4.04. The number of para-hydroxylation sites is 2. The minimum absolute atomic E-state index is 0.0256. The van der Waals surface area contributed by atoms with Crippen molar-refractivity contribution in [2.45, 2.75) is 40.2 Å². The second-order valence-corrected chi connectivity index (χ2v) is 25.1. The molecule has 80 heavy (non-hydrogen) atoms.